The molecule has 106 valence electrons. The Labute approximate surface area is 118 Å². The normalized spacial score (nSPS) is 15.3. The van der Waals surface area contributed by atoms with Crippen molar-refractivity contribution in [3.63, 3.8) is 0 Å². The zero-order valence-corrected chi connectivity index (χ0v) is 11.4. The number of aromatic nitrogens is 3. The summed E-state index contributed by atoms with van der Waals surface area (Å²) in [5, 5.41) is 10.6. The molecule has 1 aromatic heterocycles. The Morgan fingerprint density at radius 2 is 1.95 bits per heavy atom. The Hall–Kier alpha value is -2.08. The van der Waals surface area contributed by atoms with Gasteiger partial charge in [-0.1, -0.05) is 18.2 Å². The molecule has 2 N–H and O–H groups in total. The summed E-state index contributed by atoms with van der Waals surface area (Å²) < 4.78 is 5.65. The predicted octanol–water partition coefficient (Wildman–Crippen LogP) is 0.836. The topological polar surface area (TPSA) is 66.1 Å². The van der Waals surface area contributed by atoms with Crippen molar-refractivity contribution < 1.29 is 4.74 Å². The van der Waals surface area contributed by atoms with Crippen LogP contribution >= 0.6 is 0 Å². The van der Waals surface area contributed by atoms with Crippen molar-refractivity contribution in [2.24, 2.45) is 0 Å². The summed E-state index contributed by atoms with van der Waals surface area (Å²) in [4.78, 5) is 6.71. The highest BCUT2D eigenvalue weighted by atomic mass is 16.5. The lowest BCUT2D eigenvalue weighted by atomic mass is 10.3. The number of rotatable bonds is 5. The third-order valence-corrected chi connectivity index (χ3v) is 3.27. The molecule has 2 heterocycles. The van der Waals surface area contributed by atoms with Crippen molar-refractivity contribution in [1.29, 1.82) is 0 Å². The van der Waals surface area contributed by atoms with E-state index in [2.05, 4.69) is 25.4 Å². The lowest BCUT2D eigenvalue weighted by Gasteiger charge is -2.25. The number of ether oxygens (including phenoxy) is 1. The maximum atomic E-state index is 5.65. The molecule has 2 aromatic rings. The first-order chi connectivity index (χ1) is 9.92. The fraction of sp³-hybridized carbons (Fsp3) is 0.429. The molecule has 1 fully saturated rings. The van der Waals surface area contributed by atoms with Crippen LogP contribution in [-0.4, -0.2) is 48.0 Å². The van der Waals surface area contributed by atoms with Crippen LogP contribution in [0.25, 0.3) is 0 Å². The minimum atomic E-state index is 0.597. The summed E-state index contributed by atoms with van der Waals surface area (Å²) in [6.07, 6.45) is 0.730. The van der Waals surface area contributed by atoms with E-state index >= 15 is 0 Å². The maximum Gasteiger partial charge on any atom is 0.244 e. The van der Waals surface area contributed by atoms with Crippen molar-refractivity contribution in [2.45, 2.75) is 6.42 Å². The van der Waals surface area contributed by atoms with Gasteiger partial charge in [-0.3, -0.25) is 5.10 Å². The highest BCUT2D eigenvalue weighted by molar-refractivity contribution is 5.29. The van der Waals surface area contributed by atoms with Crippen LogP contribution < -0.4 is 15.0 Å². The molecule has 20 heavy (non-hydrogen) atoms. The third kappa shape index (κ3) is 3.27. The predicted molar refractivity (Wildman–Crippen MR) is 77.1 cm³/mol. The molecule has 3 rings (SSSR count). The van der Waals surface area contributed by atoms with Crippen LogP contribution in [0.2, 0.25) is 0 Å². The highest BCUT2D eigenvalue weighted by Crippen LogP contribution is 2.10. The first kappa shape index (κ1) is 12.9. The summed E-state index contributed by atoms with van der Waals surface area (Å²) >= 11 is 0. The van der Waals surface area contributed by atoms with Gasteiger partial charge >= 0.3 is 0 Å². The zero-order valence-electron chi connectivity index (χ0n) is 11.4. The monoisotopic (exact) mass is 273 g/mol. The van der Waals surface area contributed by atoms with Gasteiger partial charge in [-0.25, -0.2) is 0 Å². The van der Waals surface area contributed by atoms with Crippen molar-refractivity contribution in [2.75, 3.05) is 37.7 Å². The average molecular weight is 273 g/mol. The number of hydrogen-bond donors (Lipinski definition) is 2. The van der Waals surface area contributed by atoms with Gasteiger partial charge in [-0.05, 0) is 12.1 Å². The number of H-pyrrole nitrogens is 1. The summed E-state index contributed by atoms with van der Waals surface area (Å²) in [6, 6.07) is 9.81. The van der Waals surface area contributed by atoms with E-state index in [1.165, 1.54) is 0 Å². The van der Waals surface area contributed by atoms with Gasteiger partial charge in [0.2, 0.25) is 5.95 Å². The van der Waals surface area contributed by atoms with Crippen molar-refractivity contribution >= 4 is 5.95 Å². The molecule has 0 amide bonds. The molecular weight excluding hydrogens is 254 g/mol. The van der Waals surface area contributed by atoms with Crippen LogP contribution in [0.3, 0.4) is 0 Å². The first-order valence-electron chi connectivity index (χ1n) is 6.96. The number of nitrogens with zero attached hydrogens (tertiary/aromatic N) is 3. The maximum absolute atomic E-state index is 5.65. The number of nitrogens with one attached hydrogen (secondary N) is 2. The van der Waals surface area contributed by atoms with Crippen LogP contribution in [0.1, 0.15) is 5.82 Å². The van der Waals surface area contributed by atoms with Crippen LogP contribution in [0.5, 0.6) is 5.75 Å². The van der Waals surface area contributed by atoms with Crippen molar-refractivity contribution in [3.8, 4) is 5.75 Å². The van der Waals surface area contributed by atoms with Gasteiger partial charge in [0.1, 0.15) is 11.6 Å². The average Bonchev–Trinajstić information content (AvgIpc) is 2.98. The molecule has 1 aromatic carbocycles. The molecule has 0 bridgehead atoms. The molecule has 6 nitrogen and oxygen atoms in total. The van der Waals surface area contributed by atoms with E-state index in [1.54, 1.807) is 0 Å². The fourth-order valence-electron chi connectivity index (χ4n) is 2.19. The van der Waals surface area contributed by atoms with Gasteiger partial charge in [0.15, 0.2) is 0 Å². The Morgan fingerprint density at radius 3 is 2.75 bits per heavy atom. The van der Waals surface area contributed by atoms with E-state index in [1.807, 2.05) is 30.3 Å². The van der Waals surface area contributed by atoms with Crippen LogP contribution in [0.15, 0.2) is 30.3 Å². The number of hydrogen-bond acceptors (Lipinski definition) is 5. The van der Waals surface area contributed by atoms with E-state index in [9.17, 15) is 0 Å². The Bertz CT molecular complexity index is 521. The number of para-hydroxylation sites is 1. The second-order valence-electron chi connectivity index (χ2n) is 4.73. The second kappa shape index (κ2) is 6.38. The second-order valence-corrected chi connectivity index (χ2v) is 4.73. The van der Waals surface area contributed by atoms with Crippen LogP contribution in [0, 0.1) is 0 Å². The molecule has 0 unspecified atom stereocenters. The van der Waals surface area contributed by atoms with E-state index in [-0.39, 0.29) is 0 Å². The standard InChI is InChI=1S/C14H19N5O/c1-2-4-12(5-3-1)20-11-6-13-16-14(18-17-13)19-9-7-15-8-10-19/h1-5,15H,6-11H2,(H,16,17,18). The van der Waals surface area contributed by atoms with Gasteiger partial charge in [0, 0.05) is 32.6 Å². The van der Waals surface area contributed by atoms with Gasteiger partial charge < -0.3 is 15.0 Å². The smallest absolute Gasteiger partial charge is 0.244 e. The molecule has 0 radical (unpaired) electrons. The van der Waals surface area contributed by atoms with E-state index in [4.69, 9.17) is 4.74 Å². The SMILES string of the molecule is c1ccc(OCCc2nc(N3CCNCC3)n[nH]2)cc1. The Balaban J connectivity index is 1.50. The van der Waals surface area contributed by atoms with E-state index in [0.29, 0.717) is 6.61 Å². The lowest BCUT2D eigenvalue weighted by Crippen LogP contribution is -2.44. The van der Waals surface area contributed by atoms with Gasteiger partial charge in [0.05, 0.1) is 6.61 Å². The Kier molecular flexibility index (Phi) is 4.13. The fourth-order valence-corrected chi connectivity index (χ4v) is 2.19. The first-order valence-corrected chi connectivity index (χ1v) is 6.96. The van der Waals surface area contributed by atoms with Gasteiger partial charge in [0.25, 0.3) is 0 Å². The molecule has 0 atom stereocenters. The number of aromatic amines is 1. The largest absolute Gasteiger partial charge is 0.493 e. The van der Waals surface area contributed by atoms with Gasteiger partial charge in [-0.15, -0.1) is 5.10 Å². The summed E-state index contributed by atoms with van der Waals surface area (Å²) in [6.45, 7) is 4.48. The number of benzene rings is 1. The molecule has 1 aliphatic heterocycles. The van der Waals surface area contributed by atoms with Crippen molar-refractivity contribution in [1.82, 2.24) is 20.5 Å². The molecular formula is C14H19N5O. The molecule has 6 heteroatoms. The van der Waals surface area contributed by atoms with Crippen LogP contribution in [0.4, 0.5) is 5.95 Å². The Morgan fingerprint density at radius 1 is 1.15 bits per heavy atom. The molecule has 1 saturated heterocycles. The molecule has 0 saturated carbocycles. The molecule has 1 aliphatic rings. The van der Waals surface area contributed by atoms with E-state index in [0.717, 1.165) is 50.1 Å². The molecule has 0 spiro atoms. The minimum Gasteiger partial charge on any atom is -0.493 e. The number of anilines is 1. The van der Waals surface area contributed by atoms with E-state index < -0.39 is 0 Å². The van der Waals surface area contributed by atoms with Crippen molar-refractivity contribution in [3.05, 3.63) is 36.2 Å². The van der Waals surface area contributed by atoms with Gasteiger partial charge in [-0.2, -0.15) is 4.98 Å². The summed E-state index contributed by atoms with van der Waals surface area (Å²) in [7, 11) is 0. The highest BCUT2D eigenvalue weighted by Gasteiger charge is 2.14. The summed E-state index contributed by atoms with van der Waals surface area (Å²) in [5.74, 6) is 2.55. The van der Waals surface area contributed by atoms with Crippen LogP contribution in [-0.2, 0) is 6.42 Å². The third-order valence-electron chi connectivity index (χ3n) is 3.27. The minimum absolute atomic E-state index is 0.597. The quantitative estimate of drug-likeness (QED) is 0.845. The summed E-state index contributed by atoms with van der Waals surface area (Å²) in [5.41, 5.74) is 0. The lowest BCUT2D eigenvalue weighted by molar-refractivity contribution is 0.319. The zero-order chi connectivity index (χ0) is 13.6. The number of piperazine rings is 1. The molecule has 0 aliphatic carbocycles.